The van der Waals surface area contributed by atoms with Gasteiger partial charge in [-0.1, -0.05) is 35.9 Å². The highest BCUT2D eigenvalue weighted by Gasteiger charge is 2.21. The lowest BCUT2D eigenvalue weighted by Crippen LogP contribution is -2.18. The van der Waals surface area contributed by atoms with E-state index in [4.69, 9.17) is 4.74 Å². The fraction of sp³-hybridized carbons (Fsp3) is 0.400. The highest BCUT2D eigenvalue weighted by Crippen LogP contribution is 2.28. The average Bonchev–Trinajstić information content (AvgIpc) is 2.37. The van der Waals surface area contributed by atoms with Gasteiger partial charge in [-0.15, -0.1) is 0 Å². The van der Waals surface area contributed by atoms with Crippen molar-refractivity contribution >= 4 is 12.0 Å². The minimum absolute atomic E-state index is 0.113. The summed E-state index contributed by atoms with van der Waals surface area (Å²) in [6, 6.07) is 8.35. The Morgan fingerprint density at radius 1 is 1.35 bits per heavy atom. The van der Waals surface area contributed by atoms with Crippen LogP contribution in [-0.4, -0.2) is 12.6 Å². The molecule has 1 atom stereocenters. The van der Waals surface area contributed by atoms with Crippen molar-refractivity contribution < 1.29 is 9.53 Å². The van der Waals surface area contributed by atoms with Crippen LogP contribution in [0.1, 0.15) is 31.4 Å². The van der Waals surface area contributed by atoms with Crippen molar-refractivity contribution in [3.63, 3.8) is 0 Å². The number of aryl methyl sites for hydroxylation is 1. The summed E-state index contributed by atoms with van der Waals surface area (Å²) in [6.45, 7) is 4.22. The van der Waals surface area contributed by atoms with Crippen LogP contribution in [0.2, 0.25) is 0 Å². The lowest BCUT2D eigenvalue weighted by molar-refractivity contribution is -0.146. The highest BCUT2D eigenvalue weighted by molar-refractivity contribution is 5.78. The average molecular weight is 230 g/mol. The van der Waals surface area contributed by atoms with E-state index in [1.165, 1.54) is 16.7 Å². The minimum Gasteiger partial charge on any atom is -0.466 e. The zero-order valence-electron chi connectivity index (χ0n) is 10.4. The van der Waals surface area contributed by atoms with Crippen LogP contribution < -0.4 is 0 Å². The Kier molecular flexibility index (Phi) is 3.62. The van der Waals surface area contributed by atoms with Crippen LogP contribution in [-0.2, 0) is 16.0 Å². The molecular formula is C15H18O2. The van der Waals surface area contributed by atoms with Crippen LogP contribution in [0.3, 0.4) is 0 Å². The minimum atomic E-state index is -0.122. The first-order valence-electron chi connectivity index (χ1n) is 6.17. The smallest absolute Gasteiger partial charge is 0.312 e. The molecule has 0 aliphatic heterocycles. The van der Waals surface area contributed by atoms with Crippen LogP contribution >= 0.6 is 0 Å². The van der Waals surface area contributed by atoms with Crippen LogP contribution in [0.5, 0.6) is 0 Å². The quantitative estimate of drug-likeness (QED) is 0.745. The predicted octanol–water partition coefficient (Wildman–Crippen LogP) is 3.22. The van der Waals surface area contributed by atoms with Crippen LogP contribution in [0.15, 0.2) is 29.8 Å². The molecule has 2 heteroatoms. The number of rotatable bonds is 3. The summed E-state index contributed by atoms with van der Waals surface area (Å²) < 4.78 is 5.07. The summed E-state index contributed by atoms with van der Waals surface area (Å²) in [5, 5.41) is 0. The molecule has 0 aromatic heterocycles. The number of hydrogen-bond acceptors (Lipinski definition) is 2. The van der Waals surface area contributed by atoms with Crippen LogP contribution in [0.25, 0.3) is 6.08 Å². The van der Waals surface area contributed by atoms with Crippen molar-refractivity contribution in [1.29, 1.82) is 0 Å². The van der Waals surface area contributed by atoms with Crippen molar-refractivity contribution in [2.24, 2.45) is 5.92 Å². The molecule has 1 aromatic rings. The Morgan fingerprint density at radius 2 is 2.12 bits per heavy atom. The summed E-state index contributed by atoms with van der Waals surface area (Å²) in [6.07, 6.45) is 4.11. The monoisotopic (exact) mass is 230 g/mol. The zero-order chi connectivity index (χ0) is 12.3. The standard InChI is InChI=1S/C15H18O2/c1-3-17-15(16)11(2)13-9-8-12-6-4-5-7-14(12)10-13/h4-7,10-11H,3,8-9H2,1-2H3/t11-/m0/s1. The van der Waals surface area contributed by atoms with Gasteiger partial charge in [-0.3, -0.25) is 4.79 Å². The molecule has 0 bridgehead atoms. The number of ether oxygens (including phenoxy) is 1. The van der Waals surface area contributed by atoms with E-state index in [1.807, 2.05) is 19.9 Å². The number of hydrogen-bond donors (Lipinski definition) is 0. The first-order chi connectivity index (χ1) is 8.22. The van der Waals surface area contributed by atoms with E-state index >= 15 is 0 Å². The normalized spacial score (nSPS) is 15.8. The van der Waals surface area contributed by atoms with Gasteiger partial charge in [0, 0.05) is 0 Å². The van der Waals surface area contributed by atoms with Gasteiger partial charge in [-0.05, 0) is 37.8 Å². The Balaban J connectivity index is 2.19. The van der Waals surface area contributed by atoms with Gasteiger partial charge in [0.1, 0.15) is 0 Å². The summed E-state index contributed by atoms with van der Waals surface area (Å²) in [5.41, 5.74) is 3.79. The molecule has 0 heterocycles. The van der Waals surface area contributed by atoms with Gasteiger partial charge in [-0.2, -0.15) is 0 Å². The summed E-state index contributed by atoms with van der Waals surface area (Å²) in [5.74, 6) is -0.235. The number of benzene rings is 1. The van der Waals surface area contributed by atoms with Gasteiger partial charge < -0.3 is 4.74 Å². The highest BCUT2D eigenvalue weighted by atomic mass is 16.5. The van der Waals surface area contributed by atoms with E-state index in [2.05, 4.69) is 24.3 Å². The molecule has 1 aliphatic rings. The number of carbonyl (C=O) groups is 1. The van der Waals surface area contributed by atoms with E-state index < -0.39 is 0 Å². The van der Waals surface area contributed by atoms with E-state index in [0.29, 0.717) is 6.61 Å². The van der Waals surface area contributed by atoms with Gasteiger partial charge in [0.2, 0.25) is 0 Å². The van der Waals surface area contributed by atoms with Crippen molar-refractivity contribution in [3.8, 4) is 0 Å². The van der Waals surface area contributed by atoms with Crippen LogP contribution in [0, 0.1) is 5.92 Å². The molecule has 0 N–H and O–H groups in total. The van der Waals surface area contributed by atoms with Crippen molar-refractivity contribution in [1.82, 2.24) is 0 Å². The number of fused-ring (bicyclic) bond motifs is 1. The molecule has 1 aromatic carbocycles. The molecule has 90 valence electrons. The van der Waals surface area contributed by atoms with Crippen molar-refractivity contribution in [2.45, 2.75) is 26.7 Å². The Morgan fingerprint density at radius 3 is 2.88 bits per heavy atom. The molecule has 2 rings (SSSR count). The van der Waals surface area contributed by atoms with E-state index in [-0.39, 0.29) is 11.9 Å². The third kappa shape index (κ3) is 2.57. The Bertz CT molecular complexity index is 446. The molecule has 0 saturated heterocycles. The Hall–Kier alpha value is -1.57. The maximum Gasteiger partial charge on any atom is 0.312 e. The van der Waals surface area contributed by atoms with Gasteiger partial charge in [-0.25, -0.2) is 0 Å². The Labute approximate surface area is 102 Å². The van der Waals surface area contributed by atoms with E-state index in [9.17, 15) is 4.79 Å². The van der Waals surface area contributed by atoms with Crippen molar-refractivity contribution in [3.05, 3.63) is 41.0 Å². The molecule has 2 nitrogen and oxygen atoms in total. The van der Waals surface area contributed by atoms with Crippen molar-refractivity contribution in [2.75, 3.05) is 6.61 Å². The fourth-order valence-electron chi connectivity index (χ4n) is 2.21. The lowest BCUT2D eigenvalue weighted by Gasteiger charge is -2.20. The van der Waals surface area contributed by atoms with Gasteiger partial charge in [0.25, 0.3) is 0 Å². The molecule has 0 fully saturated rings. The zero-order valence-corrected chi connectivity index (χ0v) is 10.4. The summed E-state index contributed by atoms with van der Waals surface area (Å²) in [7, 11) is 0. The predicted molar refractivity (Wildman–Crippen MR) is 68.5 cm³/mol. The number of esters is 1. The number of carbonyl (C=O) groups excluding carboxylic acids is 1. The maximum absolute atomic E-state index is 11.7. The van der Waals surface area contributed by atoms with Gasteiger partial charge in [0.05, 0.1) is 12.5 Å². The third-order valence-electron chi connectivity index (χ3n) is 3.28. The molecule has 0 saturated carbocycles. The second kappa shape index (κ2) is 5.17. The van der Waals surface area contributed by atoms with Crippen LogP contribution in [0.4, 0.5) is 0 Å². The molecule has 0 unspecified atom stereocenters. The molecular weight excluding hydrogens is 212 g/mol. The fourth-order valence-corrected chi connectivity index (χ4v) is 2.21. The second-order valence-corrected chi connectivity index (χ2v) is 4.39. The van der Waals surface area contributed by atoms with Gasteiger partial charge in [0.15, 0.2) is 0 Å². The summed E-state index contributed by atoms with van der Waals surface area (Å²) in [4.78, 5) is 11.7. The third-order valence-corrected chi connectivity index (χ3v) is 3.28. The summed E-state index contributed by atoms with van der Waals surface area (Å²) >= 11 is 0. The molecule has 1 aliphatic carbocycles. The SMILES string of the molecule is CCOC(=O)[C@@H](C)C1=Cc2ccccc2CC1. The van der Waals surface area contributed by atoms with E-state index in [0.717, 1.165) is 12.8 Å². The molecule has 17 heavy (non-hydrogen) atoms. The lowest BCUT2D eigenvalue weighted by atomic mass is 9.86. The molecule has 0 radical (unpaired) electrons. The second-order valence-electron chi connectivity index (χ2n) is 4.39. The van der Waals surface area contributed by atoms with E-state index in [1.54, 1.807) is 0 Å². The molecule has 0 spiro atoms. The largest absolute Gasteiger partial charge is 0.466 e. The molecule has 0 amide bonds. The maximum atomic E-state index is 11.7. The topological polar surface area (TPSA) is 26.3 Å². The van der Waals surface area contributed by atoms with Gasteiger partial charge >= 0.3 is 5.97 Å². The first-order valence-corrected chi connectivity index (χ1v) is 6.17. The first kappa shape index (κ1) is 11.9.